The lowest BCUT2D eigenvalue weighted by molar-refractivity contribution is 0.285. The summed E-state index contributed by atoms with van der Waals surface area (Å²) in [5.74, 6) is 0. The Hall–Kier alpha value is -1.06. The molecule has 0 amide bonds. The summed E-state index contributed by atoms with van der Waals surface area (Å²) in [6, 6.07) is 8.59. The highest BCUT2D eigenvalue weighted by atomic mass is 15.2. The molecule has 1 N–H and O–H groups in total. The van der Waals surface area contributed by atoms with Crippen molar-refractivity contribution >= 4 is 5.69 Å². The quantitative estimate of drug-likeness (QED) is 0.878. The van der Waals surface area contributed by atoms with Crippen LogP contribution in [0.3, 0.4) is 0 Å². The standard InChI is InChI=1S/C15H25N3/c1-14-5-3-6-15(13-14)16-7-10-18-9-4-8-17(2)11-12-18/h3,5-6,13,16H,4,7-12H2,1-2H3. The summed E-state index contributed by atoms with van der Waals surface area (Å²) in [7, 11) is 2.22. The topological polar surface area (TPSA) is 18.5 Å². The number of nitrogens with one attached hydrogen (secondary N) is 1. The van der Waals surface area contributed by atoms with Crippen molar-refractivity contribution < 1.29 is 0 Å². The van der Waals surface area contributed by atoms with Crippen LogP contribution >= 0.6 is 0 Å². The normalized spacial score (nSPS) is 18.6. The zero-order valence-corrected chi connectivity index (χ0v) is 11.7. The van der Waals surface area contributed by atoms with Gasteiger partial charge in [0.2, 0.25) is 0 Å². The third-order valence-electron chi connectivity index (χ3n) is 3.59. The molecular weight excluding hydrogens is 222 g/mol. The van der Waals surface area contributed by atoms with Crippen LogP contribution in [0, 0.1) is 6.92 Å². The summed E-state index contributed by atoms with van der Waals surface area (Å²) < 4.78 is 0. The largest absolute Gasteiger partial charge is 0.384 e. The van der Waals surface area contributed by atoms with Crippen LogP contribution in [-0.2, 0) is 0 Å². The van der Waals surface area contributed by atoms with Gasteiger partial charge in [0, 0.05) is 31.9 Å². The van der Waals surface area contributed by atoms with Gasteiger partial charge in [-0.25, -0.2) is 0 Å². The van der Waals surface area contributed by atoms with Crippen molar-refractivity contribution in [2.45, 2.75) is 13.3 Å². The Morgan fingerprint density at radius 2 is 2.06 bits per heavy atom. The maximum Gasteiger partial charge on any atom is 0.0343 e. The fourth-order valence-electron chi connectivity index (χ4n) is 2.44. The van der Waals surface area contributed by atoms with E-state index >= 15 is 0 Å². The second kappa shape index (κ2) is 6.76. The maximum absolute atomic E-state index is 3.51. The van der Waals surface area contributed by atoms with E-state index in [0.717, 1.165) is 13.1 Å². The first-order valence-corrected chi connectivity index (χ1v) is 6.95. The van der Waals surface area contributed by atoms with Crippen molar-refractivity contribution in [2.24, 2.45) is 0 Å². The summed E-state index contributed by atoms with van der Waals surface area (Å²) in [5.41, 5.74) is 2.55. The fraction of sp³-hybridized carbons (Fsp3) is 0.600. The average Bonchev–Trinajstić information content (AvgIpc) is 2.55. The highest BCUT2D eigenvalue weighted by Gasteiger charge is 2.10. The first-order chi connectivity index (χ1) is 8.74. The molecule has 0 aromatic heterocycles. The van der Waals surface area contributed by atoms with E-state index in [9.17, 15) is 0 Å². The second-order valence-corrected chi connectivity index (χ2v) is 5.29. The van der Waals surface area contributed by atoms with Gasteiger partial charge in [0.1, 0.15) is 0 Å². The van der Waals surface area contributed by atoms with Gasteiger partial charge < -0.3 is 15.1 Å². The van der Waals surface area contributed by atoms with Gasteiger partial charge in [0.25, 0.3) is 0 Å². The molecule has 0 atom stereocenters. The first-order valence-electron chi connectivity index (χ1n) is 6.95. The van der Waals surface area contributed by atoms with E-state index in [0.29, 0.717) is 0 Å². The number of rotatable bonds is 4. The van der Waals surface area contributed by atoms with E-state index in [2.05, 4.69) is 53.4 Å². The van der Waals surface area contributed by atoms with Gasteiger partial charge >= 0.3 is 0 Å². The molecule has 1 heterocycles. The SMILES string of the molecule is Cc1cccc(NCCN2CCCN(C)CC2)c1. The molecule has 100 valence electrons. The van der Waals surface area contributed by atoms with Crippen molar-refractivity contribution in [3.8, 4) is 0 Å². The summed E-state index contributed by atoms with van der Waals surface area (Å²) in [6.45, 7) is 9.18. The van der Waals surface area contributed by atoms with E-state index in [1.807, 2.05) is 0 Å². The van der Waals surface area contributed by atoms with Gasteiger partial charge in [-0.05, 0) is 51.2 Å². The molecule has 3 heteroatoms. The Kier molecular flexibility index (Phi) is 5.02. The number of benzene rings is 1. The van der Waals surface area contributed by atoms with E-state index in [1.54, 1.807) is 0 Å². The molecule has 3 nitrogen and oxygen atoms in total. The predicted octanol–water partition coefficient (Wildman–Crippen LogP) is 2.04. The molecule has 0 aliphatic carbocycles. The minimum atomic E-state index is 1.03. The molecule has 2 rings (SSSR count). The Bertz CT molecular complexity index is 365. The van der Waals surface area contributed by atoms with Crippen LogP contribution in [0.1, 0.15) is 12.0 Å². The van der Waals surface area contributed by atoms with Crippen LogP contribution in [0.5, 0.6) is 0 Å². The number of hydrogen-bond acceptors (Lipinski definition) is 3. The molecular formula is C15H25N3. The molecule has 1 aromatic rings. The van der Waals surface area contributed by atoms with Crippen LogP contribution in [0.2, 0.25) is 0 Å². The second-order valence-electron chi connectivity index (χ2n) is 5.29. The molecule has 1 aliphatic rings. The van der Waals surface area contributed by atoms with Crippen molar-refractivity contribution in [3.63, 3.8) is 0 Å². The lowest BCUT2D eigenvalue weighted by Crippen LogP contribution is -2.32. The highest BCUT2D eigenvalue weighted by molar-refractivity contribution is 5.45. The van der Waals surface area contributed by atoms with E-state index in [-0.39, 0.29) is 0 Å². The average molecular weight is 247 g/mol. The monoisotopic (exact) mass is 247 g/mol. The van der Waals surface area contributed by atoms with Gasteiger partial charge in [-0.1, -0.05) is 12.1 Å². The Morgan fingerprint density at radius 1 is 1.17 bits per heavy atom. The number of likely N-dealkylation sites (N-methyl/N-ethyl adjacent to an activating group) is 1. The van der Waals surface area contributed by atoms with Crippen LogP contribution in [0.4, 0.5) is 5.69 Å². The van der Waals surface area contributed by atoms with Crippen molar-refractivity contribution in [1.29, 1.82) is 0 Å². The van der Waals surface area contributed by atoms with Crippen LogP contribution in [0.15, 0.2) is 24.3 Å². The van der Waals surface area contributed by atoms with E-state index < -0.39 is 0 Å². The molecule has 1 fully saturated rings. The smallest absolute Gasteiger partial charge is 0.0343 e. The van der Waals surface area contributed by atoms with Gasteiger partial charge in [0.05, 0.1) is 0 Å². The van der Waals surface area contributed by atoms with Gasteiger partial charge in [0.15, 0.2) is 0 Å². The summed E-state index contributed by atoms with van der Waals surface area (Å²) >= 11 is 0. The Labute approximate surface area is 111 Å². The van der Waals surface area contributed by atoms with Crippen LogP contribution in [0.25, 0.3) is 0 Å². The third-order valence-corrected chi connectivity index (χ3v) is 3.59. The zero-order valence-electron chi connectivity index (χ0n) is 11.7. The molecule has 0 bridgehead atoms. The molecule has 0 radical (unpaired) electrons. The van der Waals surface area contributed by atoms with E-state index in [4.69, 9.17) is 0 Å². The van der Waals surface area contributed by atoms with Crippen LogP contribution < -0.4 is 5.32 Å². The minimum absolute atomic E-state index is 1.03. The Morgan fingerprint density at radius 3 is 2.89 bits per heavy atom. The van der Waals surface area contributed by atoms with Gasteiger partial charge in [-0.3, -0.25) is 0 Å². The number of aryl methyl sites for hydroxylation is 1. The minimum Gasteiger partial charge on any atom is -0.384 e. The lowest BCUT2D eigenvalue weighted by Gasteiger charge is -2.20. The maximum atomic E-state index is 3.51. The number of hydrogen-bond donors (Lipinski definition) is 1. The fourth-order valence-corrected chi connectivity index (χ4v) is 2.44. The summed E-state index contributed by atoms with van der Waals surface area (Å²) in [5, 5.41) is 3.51. The highest BCUT2D eigenvalue weighted by Crippen LogP contribution is 2.09. The molecule has 0 spiro atoms. The molecule has 0 saturated carbocycles. The Balaban J connectivity index is 1.71. The summed E-state index contributed by atoms with van der Waals surface area (Å²) in [4.78, 5) is 4.99. The lowest BCUT2D eigenvalue weighted by atomic mass is 10.2. The van der Waals surface area contributed by atoms with Gasteiger partial charge in [-0.15, -0.1) is 0 Å². The predicted molar refractivity (Wildman–Crippen MR) is 78.2 cm³/mol. The summed E-state index contributed by atoms with van der Waals surface area (Å²) in [6.07, 6.45) is 1.29. The molecule has 1 saturated heterocycles. The third kappa shape index (κ3) is 4.31. The molecule has 18 heavy (non-hydrogen) atoms. The zero-order chi connectivity index (χ0) is 12.8. The molecule has 1 aromatic carbocycles. The van der Waals surface area contributed by atoms with Crippen molar-refractivity contribution in [3.05, 3.63) is 29.8 Å². The molecule has 1 aliphatic heterocycles. The van der Waals surface area contributed by atoms with E-state index in [1.165, 1.54) is 43.9 Å². The van der Waals surface area contributed by atoms with Crippen LogP contribution in [-0.4, -0.2) is 56.1 Å². The number of nitrogens with zero attached hydrogens (tertiary/aromatic N) is 2. The first kappa shape index (κ1) is 13.4. The van der Waals surface area contributed by atoms with Crippen molar-refractivity contribution in [2.75, 3.05) is 51.6 Å². The number of anilines is 1. The molecule has 0 unspecified atom stereocenters. The van der Waals surface area contributed by atoms with Crippen molar-refractivity contribution in [1.82, 2.24) is 9.80 Å². The van der Waals surface area contributed by atoms with Gasteiger partial charge in [-0.2, -0.15) is 0 Å².